The first-order valence-corrected chi connectivity index (χ1v) is 7.89. The summed E-state index contributed by atoms with van der Waals surface area (Å²) in [6, 6.07) is 0.547. The van der Waals surface area contributed by atoms with Gasteiger partial charge in [-0.1, -0.05) is 6.42 Å². The molecule has 4 nitrogen and oxygen atoms in total. The number of likely N-dealkylation sites (tertiary alicyclic amines) is 1. The van der Waals surface area contributed by atoms with Crippen LogP contribution < -0.4 is 0 Å². The molecule has 4 heteroatoms. The van der Waals surface area contributed by atoms with Gasteiger partial charge in [-0.2, -0.15) is 0 Å². The van der Waals surface area contributed by atoms with Crippen molar-refractivity contribution in [3.05, 3.63) is 0 Å². The van der Waals surface area contributed by atoms with E-state index in [1.165, 1.54) is 25.7 Å². The zero-order valence-electron chi connectivity index (χ0n) is 12.2. The Bertz CT molecular complexity index is 286. The summed E-state index contributed by atoms with van der Waals surface area (Å²) >= 11 is 0. The molecule has 0 spiro atoms. The molecule has 1 atom stereocenters. The molecular weight excluding hydrogens is 240 g/mol. The van der Waals surface area contributed by atoms with Crippen molar-refractivity contribution in [1.82, 2.24) is 9.80 Å². The summed E-state index contributed by atoms with van der Waals surface area (Å²) in [4.78, 5) is 16.9. The predicted molar refractivity (Wildman–Crippen MR) is 75.9 cm³/mol. The van der Waals surface area contributed by atoms with E-state index in [1.807, 2.05) is 11.8 Å². The first kappa shape index (κ1) is 14.8. The Labute approximate surface area is 116 Å². The monoisotopic (exact) mass is 268 g/mol. The van der Waals surface area contributed by atoms with E-state index in [4.69, 9.17) is 5.11 Å². The molecule has 1 aliphatic heterocycles. The Morgan fingerprint density at radius 2 is 1.95 bits per heavy atom. The number of nitrogens with zero attached hydrogens (tertiary/aromatic N) is 2. The van der Waals surface area contributed by atoms with Gasteiger partial charge in [-0.3, -0.25) is 9.69 Å². The van der Waals surface area contributed by atoms with Crippen LogP contribution in [0.15, 0.2) is 0 Å². The largest absolute Gasteiger partial charge is 0.396 e. The molecule has 0 radical (unpaired) electrons. The third kappa shape index (κ3) is 3.69. The second-order valence-corrected chi connectivity index (χ2v) is 5.96. The van der Waals surface area contributed by atoms with Crippen molar-refractivity contribution >= 4 is 5.91 Å². The number of aliphatic hydroxyl groups is 1. The molecule has 1 saturated heterocycles. The van der Waals surface area contributed by atoms with Gasteiger partial charge in [0.25, 0.3) is 0 Å². The number of hydrogen-bond donors (Lipinski definition) is 1. The number of aliphatic hydroxyl groups excluding tert-OH is 1. The van der Waals surface area contributed by atoms with E-state index in [0.29, 0.717) is 11.9 Å². The molecule has 0 aromatic heterocycles. The van der Waals surface area contributed by atoms with Crippen LogP contribution in [-0.2, 0) is 4.79 Å². The van der Waals surface area contributed by atoms with Crippen LogP contribution in [0.1, 0.15) is 51.9 Å². The Kier molecular flexibility index (Phi) is 5.64. The highest BCUT2D eigenvalue weighted by molar-refractivity contribution is 5.81. The molecule has 0 bridgehead atoms. The summed E-state index contributed by atoms with van der Waals surface area (Å²) < 4.78 is 0. The molecule has 1 unspecified atom stereocenters. The normalized spacial score (nSPS) is 22.4. The fourth-order valence-electron chi connectivity index (χ4n) is 3.18. The molecule has 0 aromatic carbocycles. The number of carbonyl (C=O) groups is 1. The van der Waals surface area contributed by atoms with Gasteiger partial charge in [0.05, 0.1) is 6.04 Å². The summed E-state index contributed by atoms with van der Waals surface area (Å²) in [5.41, 5.74) is 0. The first-order chi connectivity index (χ1) is 9.24. The molecule has 1 heterocycles. The molecule has 1 amide bonds. The minimum Gasteiger partial charge on any atom is -0.396 e. The van der Waals surface area contributed by atoms with Gasteiger partial charge in [0, 0.05) is 32.3 Å². The Hall–Kier alpha value is -0.610. The summed E-state index contributed by atoms with van der Waals surface area (Å²) in [5, 5.41) is 9.03. The van der Waals surface area contributed by atoms with Crippen LogP contribution in [0.4, 0.5) is 0 Å². The molecule has 2 rings (SSSR count). The highest BCUT2D eigenvalue weighted by Crippen LogP contribution is 2.27. The second-order valence-electron chi connectivity index (χ2n) is 5.96. The van der Waals surface area contributed by atoms with Gasteiger partial charge >= 0.3 is 0 Å². The molecule has 0 aromatic rings. The zero-order chi connectivity index (χ0) is 13.7. The zero-order valence-corrected chi connectivity index (χ0v) is 12.2. The van der Waals surface area contributed by atoms with E-state index in [0.717, 1.165) is 38.9 Å². The van der Waals surface area contributed by atoms with Crippen LogP contribution in [0.25, 0.3) is 0 Å². The number of hydrogen-bond acceptors (Lipinski definition) is 3. The smallest absolute Gasteiger partial charge is 0.239 e. The van der Waals surface area contributed by atoms with Crippen molar-refractivity contribution in [2.24, 2.45) is 0 Å². The maximum atomic E-state index is 12.6. The number of piperidine rings is 1. The average Bonchev–Trinajstić information content (AvgIpc) is 2.40. The first-order valence-electron chi connectivity index (χ1n) is 7.89. The van der Waals surface area contributed by atoms with Gasteiger partial charge in [0.1, 0.15) is 0 Å². The van der Waals surface area contributed by atoms with Crippen molar-refractivity contribution in [1.29, 1.82) is 0 Å². The lowest BCUT2D eigenvalue weighted by Crippen LogP contribution is -2.54. The second kappa shape index (κ2) is 7.25. The number of carbonyl (C=O) groups excluding carboxylic acids is 1. The molecule has 2 aliphatic rings. The van der Waals surface area contributed by atoms with Crippen LogP contribution in [0.5, 0.6) is 0 Å². The van der Waals surface area contributed by atoms with E-state index in [1.54, 1.807) is 0 Å². The SMILES string of the molecule is CC(C(=O)N1CCCCC1)N(CCCO)C1CCC1. The standard InChI is InChI=1S/C15H28N2O2/c1-13(15(19)16-9-3-2-4-10-16)17(11-6-12-18)14-7-5-8-14/h13-14,18H,2-12H2,1H3. The van der Waals surface area contributed by atoms with E-state index in [2.05, 4.69) is 4.90 Å². The lowest BCUT2D eigenvalue weighted by molar-refractivity contribution is -0.139. The lowest BCUT2D eigenvalue weighted by Gasteiger charge is -2.42. The third-order valence-electron chi connectivity index (χ3n) is 4.64. The van der Waals surface area contributed by atoms with Gasteiger partial charge in [-0.05, 0) is 45.4 Å². The quantitative estimate of drug-likeness (QED) is 0.796. The lowest BCUT2D eigenvalue weighted by atomic mass is 9.90. The molecule has 2 fully saturated rings. The summed E-state index contributed by atoms with van der Waals surface area (Å²) in [6.45, 7) is 4.98. The van der Waals surface area contributed by atoms with Crippen molar-refractivity contribution < 1.29 is 9.90 Å². The summed E-state index contributed by atoms with van der Waals surface area (Å²) in [5.74, 6) is 0.296. The van der Waals surface area contributed by atoms with Crippen LogP contribution in [0.3, 0.4) is 0 Å². The van der Waals surface area contributed by atoms with Gasteiger partial charge in [-0.15, -0.1) is 0 Å². The van der Waals surface area contributed by atoms with Gasteiger partial charge in [-0.25, -0.2) is 0 Å². The minimum atomic E-state index is -0.0186. The fourth-order valence-corrected chi connectivity index (χ4v) is 3.18. The highest BCUT2D eigenvalue weighted by atomic mass is 16.3. The van der Waals surface area contributed by atoms with E-state index in [-0.39, 0.29) is 12.6 Å². The average molecular weight is 268 g/mol. The highest BCUT2D eigenvalue weighted by Gasteiger charge is 2.33. The van der Waals surface area contributed by atoms with Crippen LogP contribution >= 0.6 is 0 Å². The number of amides is 1. The molecule has 1 N–H and O–H groups in total. The van der Waals surface area contributed by atoms with Crippen LogP contribution in [0.2, 0.25) is 0 Å². The molecule has 110 valence electrons. The molecule has 1 aliphatic carbocycles. The van der Waals surface area contributed by atoms with Crippen molar-refractivity contribution in [2.75, 3.05) is 26.2 Å². The van der Waals surface area contributed by atoms with Crippen molar-refractivity contribution in [3.8, 4) is 0 Å². The van der Waals surface area contributed by atoms with E-state index >= 15 is 0 Å². The maximum absolute atomic E-state index is 12.6. The fraction of sp³-hybridized carbons (Fsp3) is 0.933. The third-order valence-corrected chi connectivity index (χ3v) is 4.64. The maximum Gasteiger partial charge on any atom is 0.239 e. The summed E-state index contributed by atoms with van der Waals surface area (Å²) in [7, 11) is 0. The molecule has 1 saturated carbocycles. The predicted octanol–water partition coefficient (Wildman–Crippen LogP) is 1.62. The van der Waals surface area contributed by atoms with E-state index < -0.39 is 0 Å². The molecule has 19 heavy (non-hydrogen) atoms. The summed E-state index contributed by atoms with van der Waals surface area (Å²) in [6.07, 6.45) is 8.04. The van der Waals surface area contributed by atoms with Crippen molar-refractivity contribution in [3.63, 3.8) is 0 Å². The Balaban J connectivity index is 1.92. The molecular formula is C15H28N2O2. The topological polar surface area (TPSA) is 43.8 Å². The number of rotatable bonds is 6. The van der Waals surface area contributed by atoms with E-state index in [9.17, 15) is 4.79 Å². The van der Waals surface area contributed by atoms with Crippen LogP contribution in [-0.4, -0.2) is 59.1 Å². The Morgan fingerprint density at radius 1 is 1.26 bits per heavy atom. The Morgan fingerprint density at radius 3 is 2.47 bits per heavy atom. The van der Waals surface area contributed by atoms with Gasteiger partial charge in [0.15, 0.2) is 0 Å². The van der Waals surface area contributed by atoms with Crippen molar-refractivity contribution in [2.45, 2.75) is 64.0 Å². The van der Waals surface area contributed by atoms with Gasteiger partial charge in [0.2, 0.25) is 5.91 Å². The minimum absolute atomic E-state index is 0.0186. The van der Waals surface area contributed by atoms with Gasteiger partial charge < -0.3 is 10.0 Å². The van der Waals surface area contributed by atoms with Crippen LogP contribution in [0, 0.1) is 0 Å².